The predicted octanol–water partition coefficient (Wildman–Crippen LogP) is 4.67. The van der Waals surface area contributed by atoms with Crippen LogP contribution in [0.3, 0.4) is 0 Å². The molecule has 0 aliphatic rings. The van der Waals surface area contributed by atoms with Crippen LogP contribution < -0.4 is 0 Å². The average molecular weight is 264 g/mol. The predicted molar refractivity (Wildman–Crippen MR) is 69.8 cm³/mol. The van der Waals surface area contributed by atoms with Crippen LogP contribution in [0, 0.1) is 0 Å². The molecule has 0 radical (unpaired) electrons. The Bertz CT molecular complexity index is 233. The first-order chi connectivity index (χ1) is 8.18. The summed E-state index contributed by atoms with van der Waals surface area (Å²) in [5.74, 6) is 0. The number of unbranched alkanes of at least 4 members (excludes halogenated alkanes) is 6. The maximum atomic E-state index is 11.4. The van der Waals surface area contributed by atoms with Crippen LogP contribution in [-0.2, 0) is 18.1 Å². The van der Waals surface area contributed by atoms with Crippen molar-refractivity contribution in [3.05, 3.63) is 12.3 Å². The van der Waals surface area contributed by atoms with Crippen molar-refractivity contribution < 1.29 is 18.1 Å². The number of hydrogen-bond donors (Lipinski definition) is 0. The Kier molecular flexibility index (Phi) is 10.6. The molecular weight excluding hydrogens is 239 g/mol. The summed E-state index contributed by atoms with van der Waals surface area (Å²) in [4.78, 5) is 0. The molecule has 0 atom stereocenters. The third-order valence-corrected chi connectivity index (χ3v) is 3.73. The van der Waals surface area contributed by atoms with Gasteiger partial charge in [0.2, 0.25) is 0 Å². The fourth-order valence-corrected chi connectivity index (χ4v) is 1.95. The summed E-state index contributed by atoms with van der Waals surface area (Å²) in [6, 6.07) is 0. The van der Waals surface area contributed by atoms with Crippen molar-refractivity contribution in [2.75, 3.05) is 14.2 Å². The summed E-state index contributed by atoms with van der Waals surface area (Å²) >= 11 is 0. The van der Waals surface area contributed by atoms with Crippen molar-refractivity contribution in [2.24, 2.45) is 0 Å². The van der Waals surface area contributed by atoms with E-state index in [2.05, 4.69) is 16.0 Å². The molecule has 0 saturated heterocycles. The quantitative estimate of drug-likeness (QED) is 0.309. The molecular formula is C12H25O4P. The molecule has 0 saturated carbocycles. The number of hydrogen-bond acceptors (Lipinski definition) is 4. The number of phosphoric ester groups is 1. The molecule has 0 N–H and O–H groups in total. The SMILES string of the molecule is CCCCCCCC/C=C/OP(=O)(OC)OC. The summed E-state index contributed by atoms with van der Waals surface area (Å²) < 4.78 is 25.6. The Morgan fingerprint density at radius 1 is 1.00 bits per heavy atom. The normalized spacial score (nSPS) is 12.2. The van der Waals surface area contributed by atoms with Crippen LogP contribution in [0.25, 0.3) is 0 Å². The average Bonchev–Trinajstić information content (AvgIpc) is 2.36. The largest absolute Gasteiger partial charge is 0.528 e. The molecule has 0 unspecified atom stereocenters. The van der Waals surface area contributed by atoms with Gasteiger partial charge in [-0.2, -0.15) is 0 Å². The van der Waals surface area contributed by atoms with E-state index in [1.807, 2.05) is 6.08 Å². The van der Waals surface area contributed by atoms with Gasteiger partial charge in [-0.25, -0.2) is 4.57 Å². The highest BCUT2D eigenvalue weighted by atomic mass is 31.2. The second-order valence-electron chi connectivity index (χ2n) is 3.85. The van der Waals surface area contributed by atoms with Crippen LogP contribution >= 0.6 is 7.82 Å². The first-order valence-corrected chi connectivity index (χ1v) is 7.69. The Balaban J connectivity index is 3.45. The highest BCUT2D eigenvalue weighted by Gasteiger charge is 2.21. The van der Waals surface area contributed by atoms with Crippen LogP contribution in [0.15, 0.2) is 12.3 Å². The zero-order valence-electron chi connectivity index (χ0n) is 11.2. The van der Waals surface area contributed by atoms with Gasteiger partial charge in [0.05, 0.1) is 6.26 Å². The minimum Gasteiger partial charge on any atom is -0.412 e. The van der Waals surface area contributed by atoms with E-state index in [1.165, 1.54) is 52.6 Å². The minimum atomic E-state index is -3.34. The van der Waals surface area contributed by atoms with Gasteiger partial charge in [0.25, 0.3) is 0 Å². The first kappa shape index (κ1) is 16.7. The van der Waals surface area contributed by atoms with E-state index in [9.17, 15) is 4.57 Å². The Morgan fingerprint density at radius 3 is 2.18 bits per heavy atom. The zero-order chi connectivity index (χ0) is 13.0. The Labute approximate surface area is 105 Å². The third-order valence-electron chi connectivity index (χ3n) is 2.46. The summed E-state index contributed by atoms with van der Waals surface area (Å²) in [6.45, 7) is 2.21. The van der Waals surface area contributed by atoms with Gasteiger partial charge in [-0.3, -0.25) is 9.05 Å². The molecule has 0 fully saturated rings. The summed E-state index contributed by atoms with van der Waals surface area (Å²) in [7, 11) is -0.743. The molecule has 0 aliphatic carbocycles. The molecule has 102 valence electrons. The Morgan fingerprint density at radius 2 is 1.59 bits per heavy atom. The van der Waals surface area contributed by atoms with Crippen LogP contribution in [-0.4, -0.2) is 14.2 Å². The van der Waals surface area contributed by atoms with Crippen LogP contribution in [0.1, 0.15) is 51.9 Å². The first-order valence-electron chi connectivity index (χ1n) is 6.23. The van der Waals surface area contributed by atoms with Gasteiger partial charge in [-0.15, -0.1) is 0 Å². The van der Waals surface area contributed by atoms with Gasteiger partial charge in [-0.05, 0) is 18.9 Å². The van der Waals surface area contributed by atoms with Gasteiger partial charge in [-0.1, -0.05) is 39.0 Å². The highest BCUT2D eigenvalue weighted by molar-refractivity contribution is 7.48. The van der Waals surface area contributed by atoms with E-state index in [0.29, 0.717) is 0 Å². The lowest BCUT2D eigenvalue weighted by Crippen LogP contribution is -1.89. The number of allylic oxidation sites excluding steroid dienone is 1. The van der Waals surface area contributed by atoms with Crippen LogP contribution in [0.4, 0.5) is 0 Å². The van der Waals surface area contributed by atoms with Crippen molar-refractivity contribution in [3.8, 4) is 0 Å². The number of phosphoric acid groups is 1. The fourth-order valence-electron chi connectivity index (χ4n) is 1.39. The van der Waals surface area contributed by atoms with Gasteiger partial charge >= 0.3 is 7.82 Å². The molecule has 0 amide bonds. The molecule has 4 nitrogen and oxygen atoms in total. The smallest absolute Gasteiger partial charge is 0.412 e. The molecule has 0 bridgehead atoms. The molecule has 17 heavy (non-hydrogen) atoms. The molecule has 0 heterocycles. The second kappa shape index (κ2) is 10.8. The van der Waals surface area contributed by atoms with Crippen molar-refractivity contribution in [1.82, 2.24) is 0 Å². The molecule has 0 spiro atoms. The van der Waals surface area contributed by atoms with Gasteiger partial charge in [0.15, 0.2) is 0 Å². The molecule has 5 heteroatoms. The standard InChI is InChI=1S/C12H25O4P/c1-4-5-6-7-8-9-10-11-12-16-17(13,14-2)15-3/h11-12H,4-10H2,1-3H3/b12-11+. The van der Waals surface area contributed by atoms with Gasteiger partial charge < -0.3 is 4.52 Å². The van der Waals surface area contributed by atoms with Crippen molar-refractivity contribution in [3.63, 3.8) is 0 Å². The second-order valence-corrected chi connectivity index (χ2v) is 5.68. The van der Waals surface area contributed by atoms with E-state index in [-0.39, 0.29) is 0 Å². The Hall–Kier alpha value is -0.310. The van der Waals surface area contributed by atoms with Crippen molar-refractivity contribution in [1.29, 1.82) is 0 Å². The topological polar surface area (TPSA) is 44.8 Å². The van der Waals surface area contributed by atoms with E-state index in [1.54, 1.807) is 0 Å². The summed E-state index contributed by atoms with van der Waals surface area (Å²) in [5.41, 5.74) is 0. The van der Waals surface area contributed by atoms with E-state index < -0.39 is 7.82 Å². The molecule has 0 aliphatic heterocycles. The monoisotopic (exact) mass is 264 g/mol. The zero-order valence-corrected chi connectivity index (χ0v) is 12.1. The van der Waals surface area contributed by atoms with Gasteiger partial charge in [0.1, 0.15) is 0 Å². The summed E-state index contributed by atoms with van der Waals surface area (Å²) in [5, 5.41) is 0. The van der Waals surface area contributed by atoms with E-state index in [0.717, 1.165) is 12.8 Å². The van der Waals surface area contributed by atoms with E-state index in [4.69, 9.17) is 4.52 Å². The lowest BCUT2D eigenvalue weighted by atomic mass is 10.1. The molecule has 0 aromatic heterocycles. The lowest BCUT2D eigenvalue weighted by molar-refractivity contribution is 0.193. The lowest BCUT2D eigenvalue weighted by Gasteiger charge is -2.10. The van der Waals surface area contributed by atoms with Crippen LogP contribution in [0.5, 0.6) is 0 Å². The molecule has 0 aromatic carbocycles. The third kappa shape index (κ3) is 9.40. The van der Waals surface area contributed by atoms with Crippen molar-refractivity contribution >= 4 is 7.82 Å². The minimum absolute atomic E-state index is 0.930. The van der Waals surface area contributed by atoms with Gasteiger partial charge in [0, 0.05) is 14.2 Å². The maximum Gasteiger partial charge on any atom is 0.528 e. The highest BCUT2D eigenvalue weighted by Crippen LogP contribution is 2.47. The molecule has 0 aromatic rings. The number of rotatable bonds is 11. The molecule has 0 rings (SSSR count). The fraction of sp³-hybridized carbons (Fsp3) is 0.833. The van der Waals surface area contributed by atoms with Crippen molar-refractivity contribution in [2.45, 2.75) is 51.9 Å². The van der Waals surface area contributed by atoms with Crippen LogP contribution in [0.2, 0.25) is 0 Å². The summed E-state index contributed by atoms with van der Waals surface area (Å²) in [6.07, 6.45) is 11.8. The van der Waals surface area contributed by atoms with E-state index >= 15 is 0 Å². The maximum absolute atomic E-state index is 11.4.